The third-order valence-electron chi connectivity index (χ3n) is 11.7. The first kappa shape index (κ1) is 50.2. The molecular weight excluding hydrogens is 922 g/mol. The minimum atomic E-state index is -1.01. The molecule has 67 heavy (non-hydrogen) atoms. The van der Waals surface area contributed by atoms with Crippen LogP contribution in [0.5, 0.6) is 5.75 Å². The van der Waals surface area contributed by atoms with Crippen LogP contribution in [0.1, 0.15) is 75.1 Å². The van der Waals surface area contributed by atoms with Gasteiger partial charge in [0.05, 0.1) is 13.2 Å². The number of hydrogen-bond donors (Lipinski definition) is 4. The first-order valence-corrected chi connectivity index (χ1v) is 23.5. The van der Waals surface area contributed by atoms with Gasteiger partial charge in [0.25, 0.3) is 0 Å². The quantitative estimate of drug-likeness (QED) is 0.0543. The summed E-state index contributed by atoms with van der Waals surface area (Å²) in [4.78, 5) is 83.1. The molecule has 1 aliphatic carbocycles. The van der Waals surface area contributed by atoms with Crippen molar-refractivity contribution in [3.63, 3.8) is 0 Å². The fraction of sp³-hybridized carbons (Fsp3) is 0.412. The molecule has 15 nitrogen and oxygen atoms in total. The molecule has 356 valence electrons. The van der Waals surface area contributed by atoms with Crippen molar-refractivity contribution in [2.75, 3.05) is 33.4 Å². The molecule has 4 N–H and O–H groups in total. The number of rotatable bonds is 15. The van der Waals surface area contributed by atoms with Crippen LogP contribution in [0.15, 0.2) is 102 Å². The maximum absolute atomic E-state index is 14.5. The Morgan fingerprint density at radius 2 is 1.36 bits per heavy atom. The van der Waals surface area contributed by atoms with Gasteiger partial charge in [-0.2, -0.15) is 0 Å². The van der Waals surface area contributed by atoms with Crippen molar-refractivity contribution in [2.24, 2.45) is 11.8 Å². The fourth-order valence-electron chi connectivity index (χ4n) is 8.38. The van der Waals surface area contributed by atoms with Gasteiger partial charge in [-0.3, -0.25) is 19.2 Å². The Labute approximate surface area is 400 Å². The Kier molecular flexibility index (Phi) is 17.9. The third kappa shape index (κ3) is 14.1. The largest absolute Gasteiger partial charge is 0.514 e. The van der Waals surface area contributed by atoms with E-state index in [0.29, 0.717) is 5.56 Å². The molecule has 0 aromatic heterocycles. The number of nitrogens with one attached hydrogen (secondary N) is 4. The van der Waals surface area contributed by atoms with E-state index < -0.39 is 60.1 Å². The minimum absolute atomic E-state index is 0.000932. The van der Waals surface area contributed by atoms with Crippen molar-refractivity contribution in [1.29, 1.82) is 0 Å². The van der Waals surface area contributed by atoms with Gasteiger partial charge < -0.3 is 45.1 Å². The Hall–Kier alpha value is -6.26. The highest BCUT2D eigenvalue weighted by Gasteiger charge is 2.35. The van der Waals surface area contributed by atoms with Crippen molar-refractivity contribution in [3.8, 4) is 16.9 Å². The van der Waals surface area contributed by atoms with Gasteiger partial charge in [-0.1, -0.05) is 122 Å². The molecule has 0 spiro atoms. The summed E-state index contributed by atoms with van der Waals surface area (Å²) in [6.07, 6.45) is -0.741. The number of alkyl carbamates (subject to hydrolysis) is 1. The monoisotopic (exact) mass is 981 g/mol. The molecule has 1 aliphatic heterocycles. The average Bonchev–Trinajstić information content (AvgIpc) is 3.63. The van der Waals surface area contributed by atoms with E-state index in [9.17, 15) is 28.8 Å². The second-order valence-electron chi connectivity index (χ2n) is 17.7. The van der Waals surface area contributed by atoms with E-state index in [1.54, 1.807) is 24.3 Å². The highest BCUT2D eigenvalue weighted by atomic mass is 79.9. The highest BCUT2D eigenvalue weighted by Crippen LogP contribution is 2.44. The Bertz CT molecular complexity index is 2330. The smallest absolute Gasteiger partial charge is 0.468 e. The first-order chi connectivity index (χ1) is 32.2. The standard InChI is InChI=1S/C51H60BrN5O10/c1-31(2)24-43-47(59)56-45(25-32(3)4)49(61)57(28-46(58)64-5)23-22-35(27-53-50(62)65-30-41-39-15-9-7-13-37(39)38-14-8-10-16-40(38)41)54-44(48(60)55-43)26-33-18-20-36(21-19-33)67-51(63)66-29-34-12-6-11-17-42(34)52/h6-21,31-32,35,41,43-45,54H,22-30H2,1-5H3,(H,53,62)(H,55,60)(H,56,59)/t35-,43-,44-,45-/m0/s1. The number of carbonyl (C=O) groups is 6. The molecule has 0 radical (unpaired) electrons. The lowest BCUT2D eigenvalue weighted by atomic mass is 9.98. The number of amides is 4. The highest BCUT2D eigenvalue weighted by molar-refractivity contribution is 9.10. The van der Waals surface area contributed by atoms with Crippen LogP contribution < -0.4 is 26.0 Å². The van der Waals surface area contributed by atoms with Crippen LogP contribution in [0, 0.1) is 11.8 Å². The molecule has 4 amide bonds. The van der Waals surface area contributed by atoms with Crippen LogP contribution >= 0.6 is 15.9 Å². The SMILES string of the molecule is COC(=O)CN1CC[C@@H](CNC(=O)OCC2c3ccccc3-c3ccccc32)N[C@@H](Cc2ccc(OC(=O)OCc3ccccc3Br)cc2)C(=O)N[C@@H](CC(C)C)C(=O)N[C@@H](CC(C)C)C1=O. The van der Waals surface area contributed by atoms with E-state index in [1.807, 2.05) is 88.4 Å². The number of fused-ring (bicyclic) bond motifs is 3. The molecule has 0 unspecified atom stereocenters. The van der Waals surface area contributed by atoms with Crippen LogP contribution in [0.25, 0.3) is 11.1 Å². The number of methoxy groups -OCH3 is 1. The second kappa shape index (κ2) is 24.0. The average molecular weight is 983 g/mol. The Morgan fingerprint density at radius 1 is 0.761 bits per heavy atom. The summed E-state index contributed by atoms with van der Waals surface area (Å²) >= 11 is 3.44. The molecule has 1 saturated heterocycles. The summed E-state index contributed by atoms with van der Waals surface area (Å²) < 4.78 is 22.4. The van der Waals surface area contributed by atoms with Crippen LogP contribution in [0.3, 0.4) is 0 Å². The molecule has 4 atom stereocenters. The lowest BCUT2D eigenvalue weighted by Gasteiger charge is -2.30. The van der Waals surface area contributed by atoms with Gasteiger partial charge in [-0.05, 0) is 83.5 Å². The number of hydrogen-bond acceptors (Lipinski definition) is 11. The van der Waals surface area contributed by atoms with E-state index in [4.69, 9.17) is 18.9 Å². The van der Waals surface area contributed by atoms with E-state index in [0.717, 1.165) is 32.3 Å². The van der Waals surface area contributed by atoms with Gasteiger partial charge in [-0.25, -0.2) is 9.59 Å². The van der Waals surface area contributed by atoms with Crippen LogP contribution in [0.2, 0.25) is 0 Å². The van der Waals surface area contributed by atoms with Crippen LogP contribution in [0.4, 0.5) is 9.59 Å². The molecule has 4 aromatic rings. The second-order valence-corrected chi connectivity index (χ2v) is 18.6. The summed E-state index contributed by atoms with van der Waals surface area (Å²) in [7, 11) is 1.23. The maximum Gasteiger partial charge on any atom is 0.514 e. The molecule has 2 aliphatic rings. The molecule has 0 bridgehead atoms. The lowest BCUT2D eigenvalue weighted by molar-refractivity contribution is -0.148. The number of ether oxygens (including phenoxy) is 4. The zero-order valence-electron chi connectivity index (χ0n) is 38.6. The number of benzene rings is 4. The normalized spacial score (nSPS) is 18.9. The molecule has 16 heteroatoms. The summed E-state index contributed by atoms with van der Waals surface area (Å²) in [5, 5.41) is 12.1. The van der Waals surface area contributed by atoms with Crippen molar-refractivity contribution >= 4 is 51.9 Å². The number of esters is 1. The number of carbonyl (C=O) groups excluding carboxylic acids is 6. The van der Waals surface area contributed by atoms with Crippen molar-refractivity contribution in [2.45, 2.75) is 90.1 Å². The van der Waals surface area contributed by atoms with E-state index >= 15 is 0 Å². The maximum atomic E-state index is 14.5. The lowest BCUT2D eigenvalue weighted by Crippen LogP contribution is -2.58. The van der Waals surface area contributed by atoms with Crippen molar-refractivity contribution in [1.82, 2.24) is 26.2 Å². The summed E-state index contributed by atoms with van der Waals surface area (Å²) in [5.41, 5.74) is 5.76. The van der Waals surface area contributed by atoms with Gasteiger partial charge >= 0.3 is 18.2 Å². The molecule has 4 aromatic carbocycles. The van der Waals surface area contributed by atoms with Gasteiger partial charge in [-0.15, -0.1) is 0 Å². The number of nitrogens with zero attached hydrogens (tertiary/aromatic N) is 1. The van der Waals surface area contributed by atoms with E-state index in [-0.39, 0.29) is 82.0 Å². The zero-order chi connectivity index (χ0) is 48.0. The molecule has 1 heterocycles. The Balaban J connectivity index is 1.24. The Morgan fingerprint density at radius 3 is 2.00 bits per heavy atom. The third-order valence-corrected chi connectivity index (χ3v) is 12.5. The first-order valence-electron chi connectivity index (χ1n) is 22.7. The molecular formula is C51H60BrN5O10. The topological polar surface area (TPSA) is 191 Å². The van der Waals surface area contributed by atoms with Gasteiger partial charge in [0, 0.05) is 35.1 Å². The summed E-state index contributed by atoms with van der Waals surface area (Å²) in [6, 6.07) is 26.4. The minimum Gasteiger partial charge on any atom is -0.468 e. The summed E-state index contributed by atoms with van der Waals surface area (Å²) in [6.45, 7) is 7.39. The van der Waals surface area contributed by atoms with Crippen molar-refractivity contribution in [3.05, 3.63) is 124 Å². The van der Waals surface area contributed by atoms with Gasteiger partial charge in [0.15, 0.2) is 0 Å². The van der Waals surface area contributed by atoms with Gasteiger partial charge in [0.2, 0.25) is 17.7 Å². The van der Waals surface area contributed by atoms with Crippen LogP contribution in [-0.2, 0) is 46.4 Å². The predicted octanol–water partition coefficient (Wildman–Crippen LogP) is 7.04. The van der Waals surface area contributed by atoms with Crippen molar-refractivity contribution < 1.29 is 47.7 Å². The van der Waals surface area contributed by atoms with Gasteiger partial charge in [0.1, 0.15) is 37.6 Å². The molecule has 1 fully saturated rings. The van der Waals surface area contributed by atoms with Crippen LogP contribution in [-0.4, -0.2) is 98.4 Å². The molecule has 0 saturated carbocycles. The van der Waals surface area contributed by atoms with E-state index in [1.165, 1.54) is 12.0 Å². The molecule has 6 rings (SSSR count). The zero-order valence-corrected chi connectivity index (χ0v) is 40.1. The predicted molar refractivity (Wildman–Crippen MR) is 255 cm³/mol. The van der Waals surface area contributed by atoms with E-state index in [2.05, 4.69) is 49.3 Å². The fourth-order valence-corrected chi connectivity index (χ4v) is 8.78. The summed E-state index contributed by atoms with van der Waals surface area (Å²) in [5.74, 6) is -2.11. The number of halogens is 1.